The van der Waals surface area contributed by atoms with Crippen LogP contribution in [-0.2, 0) is 21.4 Å². The van der Waals surface area contributed by atoms with Gasteiger partial charge < -0.3 is 15.4 Å². The van der Waals surface area contributed by atoms with Gasteiger partial charge in [-0.2, -0.15) is 4.31 Å². The lowest BCUT2D eigenvalue weighted by atomic mass is 10.1. The molecule has 1 aromatic carbocycles. The van der Waals surface area contributed by atoms with Gasteiger partial charge in [0.2, 0.25) is 15.9 Å². The molecule has 0 bridgehead atoms. The van der Waals surface area contributed by atoms with Crippen molar-refractivity contribution in [1.29, 1.82) is 0 Å². The van der Waals surface area contributed by atoms with Gasteiger partial charge in [-0.25, -0.2) is 8.42 Å². The third kappa shape index (κ3) is 5.33. The second-order valence-corrected chi connectivity index (χ2v) is 8.03. The minimum absolute atomic E-state index is 0. The topological polar surface area (TPSA) is 87.7 Å². The van der Waals surface area contributed by atoms with E-state index in [-0.39, 0.29) is 35.8 Å². The summed E-state index contributed by atoms with van der Waals surface area (Å²) < 4.78 is 32.7. The summed E-state index contributed by atoms with van der Waals surface area (Å²) >= 11 is 0. The third-order valence-corrected chi connectivity index (χ3v) is 6.34. The Balaban J connectivity index is 0.00000338. The molecule has 2 rings (SSSR count). The Morgan fingerprint density at radius 1 is 1.38 bits per heavy atom. The summed E-state index contributed by atoms with van der Waals surface area (Å²) in [6.45, 7) is 2.99. The van der Waals surface area contributed by atoms with Gasteiger partial charge in [0.25, 0.3) is 0 Å². The van der Waals surface area contributed by atoms with Crippen molar-refractivity contribution in [3.63, 3.8) is 0 Å². The SMILES string of the molecule is CCC(=O)NCc1cc(S(=O)(=O)N2CCCC(NC)C2)ccc1OC.Cl. The molecular weight excluding hydrogens is 378 g/mol. The van der Waals surface area contributed by atoms with E-state index in [4.69, 9.17) is 4.74 Å². The molecule has 1 heterocycles. The molecule has 1 amide bonds. The number of methoxy groups -OCH3 is 1. The molecule has 1 aliphatic heterocycles. The standard InChI is InChI=1S/C17H27N3O4S.ClH/c1-4-17(21)19-11-13-10-15(7-8-16(13)24-3)25(22,23)20-9-5-6-14(12-20)18-2;/h7-8,10,14,18H,4-6,9,11-12H2,1-3H3,(H,19,21);1H. The van der Waals surface area contributed by atoms with Crippen LogP contribution in [0.1, 0.15) is 31.7 Å². The van der Waals surface area contributed by atoms with Crippen molar-refractivity contribution >= 4 is 28.3 Å². The maximum atomic E-state index is 13.0. The minimum atomic E-state index is -3.57. The second-order valence-electron chi connectivity index (χ2n) is 6.09. The first kappa shape index (κ1) is 22.7. The van der Waals surface area contributed by atoms with Crippen molar-refractivity contribution in [3.05, 3.63) is 23.8 Å². The molecule has 9 heteroatoms. The quantitative estimate of drug-likeness (QED) is 0.718. The zero-order chi connectivity index (χ0) is 18.4. The Kier molecular flexibility index (Phi) is 8.82. The number of carbonyl (C=O) groups is 1. The number of carbonyl (C=O) groups excluding carboxylic acids is 1. The average Bonchev–Trinajstić information content (AvgIpc) is 2.65. The summed E-state index contributed by atoms with van der Waals surface area (Å²) in [5.41, 5.74) is 0.646. The van der Waals surface area contributed by atoms with Crippen molar-refractivity contribution in [2.75, 3.05) is 27.2 Å². The van der Waals surface area contributed by atoms with E-state index < -0.39 is 10.0 Å². The highest BCUT2D eigenvalue weighted by molar-refractivity contribution is 7.89. The number of likely N-dealkylation sites (N-methyl/N-ethyl adjacent to an activating group) is 1. The van der Waals surface area contributed by atoms with Crippen LogP contribution < -0.4 is 15.4 Å². The number of hydrogen-bond acceptors (Lipinski definition) is 5. The molecule has 1 atom stereocenters. The number of amides is 1. The Hall–Kier alpha value is -1.35. The fourth-order valence-corrected chi connectivity index (χ4v) is 4.49. The highest BCUT2D eigenvalue weighted by Gasteiger charge is 2.30. The predicted octanol–water partition coefficient (Wildman–Crippen LogP) is 1.52. The van der Waals surface area contributed by atoms with E-state index in [1.54, 1.807) is 25.1 Å². The molecule has 0 spiro atoms. The Morgan fingerprint density at radius 3 is 2.73 bits per heavy atom. The van der Waals surface area contributed by atoms with Crippen molar-refractivity contribution < 1.29 is 17.9 Å². The van der Waals surface area contributed by atoms with Gasteiger partial charge in [0.15, 0.2) is 0 Å². The van der Waals surface area contributed by atoms with E-state index in [0.29, 0.717) is 30.8 Å². The van der Waals surface area contributed by atoms with E-state index in [1.807, 2.05) is 7.05 Å². The largest absolute Gasteiger partial charge is 0.496 e. The Morgan fingerprint density at radius 2 is 2.12 bits per heavy atom. The summed E-state index contributed by atoms with van der Waals surface area (Å²) in [5.74, 6) is 0.463. The molecule has 0 aromatic heterocycles. The zero-order valence-corrected chi connectivity index (χ0v) is 17.1. The average molecular weight is 406 g/mol. The lowest BCUT2D eigenvalue weighted by Gasteiger charge is -2.31. The van der Waals surface area contributed by atoms with Gasteiger partial charge in [0.05, 0.1) is 12.0 Å². The third-order valence-electron chi connectivity index (χ3n) is 4.48. The molecule has 148 valence electrons. The number of hydrogen-bond donors (Lipinski definition) is 2. The van der Waals surface area contributed by atoms with Gasteiger partial charge in [-0.05, 0) is 38.1 Å². The molecule has 1 saturated heterocycles. The molecule has 1 fully saturated rings. The van der Waals surface area contributed by atoms with Crippen LogP contribution in [0.5, 0.6) is 5.75 Å². The molecule has 7 nitrogen and oxygen atoms in total. The fourth-order valence-electron chi connectivity index (χ4n) is 2.92. The smallest absolute Gasteiger partial charge is 0.243 e. The summed E-state index contributed by atoms with van der Waals surface area (Å²) in [4.78, 5) is 11.7. The van der Waals surface area contributed by atoms with Crippen LogP contribution in [0.3, 0.4) is 0 Å². The predicted molar refractivity (Wildman–Crippen MR) is 103 cm³/mol. The Bertz CT molecular complexity index is 712. The van der Waals surface area contributed by atoms with Crippen LogP contribution >= 0.6 is 12.4 Å². The van der Waals surface area contributed by atoms with Crippen molar-refractivity contribution in [3.8, 4) is 5.75 Å². The van der Waals surface area contributed by atoms with Crippen LogP contribution in [0.2, 0.25) is 0 Å². The number of ether oxygens (including phenoxy) is 1. The van der Waals surface area contributed by atoms with Crippen LogP contribution in [-0.4, -0.2) is 51.9 Å². The maximum Gasteiger partial charge on any atom is 0.243 e. The lowest BCUT2D eigenvalue weighted by molar-refractivity contribution is -0.120. The summed E-state index contributed by atoms with van der Waals surface area (Å²) in [7, 11) is -0.197. The first-order chi connectivity index (χ1) is 11.9. The van der Waals surface area contributed by atoms with E-state index in [0.717, 1.165) is 12.8 Å². The lowest BCUT2D eigenvalue weighted by Crippen LogP contribution is -2.46. The molecular formula is C17H28ClN3O4S. The monoisotopic (exact) mass is 405 g/mol. The van der Waals surface area contributed by atoms with Gasteiger partial charge in [0, 0.05) is 37.7 Å². The van der Waals surface area contributed by atoms with Crippen LogP contribution in [0, 0.1) is 0 Å². The molecule has 0 saturated carbocycles. The number of nitrogens with one attached hydrogen (secondary N) is 2. The van der Waals surface area contributed by atoms with Gasteiger partial charge in [-0.3, -0.25) is 4.79 Å². The summed E-state index contributed by atoms with van der Waals surface area (Å²) in [6.07, 6.45) is 2.18. The molecule has 1 aromatic rings. The minimum Gasteiger partial charge on any atom is -0.496 e. The summed E-state index contributed by atoms with van der Waals surface area (Å²) in [5, 5.41) is 5.91. The van der Waals surface area contributed by atoms with E-state index in [1.165, 1.54) is 11.4 Å². The zero-order valence-electron chi connectivity index (χ0n) is 15.4. The van der Waals surface area contributed by atoms with Crippen molar-refractivity contribution in [2.24, 2.45) is 0 Å². The van der Waals surface area contributed by atoms with Gasteiger partial charge >= 0.3 is 0 Å². The number of rotatable bonds is 7. The Labute approximate surface area is 161 Å². The van der Waals surface area contributed by atoms with Crippen molar-refractivity contribution in [1.82, 2.24) is 14.9 Å². The highest BCUT2D eigenvalue weighted by atomic mass is 35.5. The number of sulfonamides is 1. The second kappa shape index (κ2) is 10.1. The van der Waals surface area contributed by atoms with Crippen LogP contribution in [0.4, 0.5) is 0 Å². The van der Waals surface area contributed by atoms with E-state index in [9.17, 15) is 13.2 Å². The maximum absolute atomic E-state index is 13.0. The van der Waals surface area contributed by atoms with Gasteiger partial charge in [-0.1, -0.05) is 6.92 Å². The van der Waals surface area contributed by atoms with E-state index >= 15 is 0 Å². The van der Waals surface area contributed by atoms with Gasteiger partial charge in [0.1, 0.15) is 5.75 Å². The number of halogens is 1. The first-order valence-corrected chi connectivity index (χ1v) is 9.97. The van der Waals surface area contributed by atoms with Crippen LogP contribution in [0.15, 0.2) is 23.1 Å². The van der Waals surface area contributed by atoms with Crippen molar-refractivity contribution in [2.45, 2.75) is 43.7 Å². The molecule has 2 N–H and O–H groups in total. The molecule has 26 heavy (non-hydrogen) atoms. The number of nitrogens with zero attached hydrogens (tertiary/aromatic N) is 1. The molecule has 0 radical (unpaired) electrons. The van der Waals surface area contributed by atoms with Crippen LogP contribution in [0.25, 0.3) is 0 Å². The summed E-state index contributed by atoms with van der Waals surface area (Å²) in [6, 6.07) is 4.96. The highest BCUT2D eigenvalue weighted by Crippen LogP contribution is 2.26. The number of benzene rings is 1. The normalized spacial score (nSPS) is 18.0. The fraction of sp³-hybridized carbons (Fsp3) is 0.588. The molecule has 1 aliphatic rings. The molecule has 0 aliphatic carbocycles. The van der Waals surface area contributed by atoms with E-state index in [2.05, 4.69) is 10.6 Å². The first-order valence-electron chi connectivity index (χ1n) is 8.53. The number of piperidine rings is 1. The molecule has 1 unspecified atom stereocenters. The van der Waals surface area contributed by atoms with Gasteiger partial charge in [-0.15, -0.1) is 12.4 Å².